The number of hydrogen-bond acceptors (Lipinski definition) is 5. The number of furan rings is 1. The minimum absolute atomic E-state index is 0.0163. The maximum absolute atomic E-state index is 12.1. The van der Waals surface area contributed by atoms with Crippen molar-refractivity contribution in [3.05, 3.63) is 17.9 Å². The van der Waals surface area contributed by atoms with Crippen LogP contribution in [0.1, 0.15) is 23.4 Å². The van der Waals surface area contributed by atoms with Crippen LogP contribution in [-0.4, -0.2) is 42.9 Å². The van der Waals surface area contributed by atoms with Gasteiger partial charge in [0.05, 0.1) is 0 Å². The van der Waals surface area contributed by atoms with Gasteiger partial charge in [0.15, 0.2) is 0 Å². The first-order chi connectivity index (χ1) is 8.41. The Morgan fingerprint density at radius 1 is 1.39 bits per heavy atom. The number of hydrogen-bond donors (Lipinski definition) is 2. The molecule has 0 aliphatic carbocycles. The standard InChI is InChI=1S/C10H14N2O5S/c11-7-3-5-12(6-4-7)18(15,16)9-2-1-8(17-9)10(13)14/h1-2,7H,3-6,11H2,(H,13,14). The van der Waals surface area contributed by atoms with Crippen molar-refractivity contribution in [3.63, 3.8) is 0 Å². The molecule has 1 saturated heterocycles. The lowest BCUT2D eigenvalue weighted by atomic mass is 10.1. The average Bonchev–Trinajstić information content (AvgIpc) is 2.79. The van der Waals surface area contributed by atoms with E-state index in [9.17, 15) is 13.2 Å². The van der Waals surface area contributed by atoms with Crippen LogP contribution in [0, 0.1) is 0 Å². The second-order valence-corrected chi connectivity index (χ2v) is 6.03. The largest absolute Gasteiger partial charge is 0.475 e. The van der Waals surface area contributed by atoms with Gasteiger partial charge in [0.2, 0.25) is 10.9 Å². The van der Waals surface area contributed by atoms with Crippen molar-refractivity contribution in [2.75, 3.05) is 13.1 Å². The topological polar surface area (TPSA) is 114 Å². The second kappa shape index (κ2) is 4.71. The number of sulfonamides is 1. The molecule has 2 rings (SSSR count). The summed E-state index contributed by atoms with van der Waals surface area (Å²) in [7, 11) is -3.75. The van der Waals surface area contributed by atoms with E-state index in [1.807, 2.05) is 0 Å². The highest BCUT2D eigenvalue weighted by Crippen LogP contribution is 2.22. The van der Waals surface area contributed by atoms with E-state index in [1.165, 1.54) is 4.31 Å². The van der Waals surface area contributed by atoms with E-state index < -0.39 is 16.0 Å². The summed E-state index contributed by atoms with van der Waals surface area (Å²) in [4.78, 5) is 10.6. The van der Waals surface area contributed by atoms with Gasteiger partial charge in [-0.15, -0.1) is 0 Å². The summed E-state index contributed by atoms with van der Waals surface area (Å²) in [6.07, 6.45) is 1.18. The van der Waals surface area contributed by atoms with Crippen LogP contribution in [0.25, 0.3) is 0 Å². The molecule has 0 aromatic carbocycles. The van der Waals surface area contributed by atoms with Crippen molar-refractivity contribution >= 4 is 16.0 Å². The minimum atomic E-state index is -3.75. The SMILES string of the molecule is NC1CCN(S(=O)(=O)c2ccc(C(=O)O)o2)CC1. The zero-order valence-corrected chi connectivity index (χ0v) is 10.4. The average molecular weight is 274 g/mol. The van der Waals surface area contributed by atoms with E-state index in [4.69, 9.17) is 15.3 Å². The summed E-state index contributed by atoms with van der Waals surface area (Å²) in [5.74, 6) is -1.68. The molecule has 18 heavy (non-hydrogen) atoms. The third-order valence-electron chi connectivity index (χ3n) is 2.88. The van der Waals surface area contributed by atoms with Gasteiger partial charge in [-0.05, 0) is 25.0 Å². The van der Waals surface area contributed by atoms with Crippen LogP contribution in [0.2, 0.25) is 0 Å². The molecule has 2 heterocycles. The Labute approximate surface area is 104 Å². The molecular formula is C10H14N2O5S. The molecule has 1 aromatic rings. The molecule has 1 aromatic heterocycles. The molecule has 0 amide bonds. The van der Waals surface area contributed by atoms with Gasteiger partial charge in [-0.25, -0.2) is 13.2 Å². The van der Waals surface area contributed by atoms with Gasteiger partial charge >= 0.3 is 5.97 Å². The summed E-state index contributed by atoms with van der Waals surface area (Å²) >= 11 is 0. The Morgan fingerprint density at radius 2 is 2.00 bits per heavy atom. The van der Waals surface area contributed by atoms with E-state index in [0.29, 0.717) is 25.9 Å². The molecule has 0 radical (unpaired) electrons. The highest BCUT2D eigenvalue weighted by Gasteiger charge is 2.31. The summed E-state index contributed by atoms with van der Waals surface area (Å²) in [5, 5.41) is 8.35. The predicted molar refractivity (Wildman–Crippen MR) is 61.6 cm³/mol. The molecule has 1 aliphatic rings. The van der Waals surface area contributed by atoms with Gasteiger partial charge in [0, 0.05) is 19.1 Å². The summed E-state index contributed by atoms with van der Waals surface area (Å²) < 4.78 is 30.4. The van der Waals surface area contributed by atoms with Crippen molar-refractivity contribution < 1.29 is 22.7 Å². The number of piperidine rings is 1. The van der Waals surface area contributed by atoms with Crippen molar-refractivity contribution in [3.8, 4) is 0 Å². The van der Waals surface area contributed by atoms with Crippen molar-refractivity contribution in [1.29, 1.82) is 0 Å². The molecular weight excluding hydrogens is 260 g/mol. The van der Waals surface area contributed by atoms with Crippen molar-refractivity contribution in [1.82, 2.24) is 4.31 Å². The third-order valence-corrected chi connectivity index (χ3v) is 4.66. The third kappa shape index (κ3) is 2.40. The van der Waals surface area contributed by atoms with Crippen LogP contribution in [0.3, 0.4) is 0 Å². The molecule has 0 bridgehead atoms. The first-order valence-electron chi connectivity index (χ1n) is 5.50. The number of carbonyl (C=O) groups is 1. The number of carboxylic acid groups (broad SMARTS) is 1. The zero-order chi connectivity index (χ0) is 13.3. The zero-order valence-electron chi connectivity index (χ0n) is 9.57. The van der Waals surface area contributed by atoms with Crippen molar-refractivity contribution in [2.24, 2.45) is 5.73 Å². The molecule has 1 aliphatic heterocycles. The van der Waals surface area contributed by atoms with E-state index in [2.05, 4.69) is 0 Å². The maximum Gasteiger partial charge on any atom is 0.371 e. The predicted octanol–water partition coefficient (Wildman–Crippen LogP) is 0.0896. The molecule has 3 N–H and O–H groups in total. The second-order valence-electron chi connectivity index (χ2n) is 4.17. The fraction of sp³-hybridized carbons (Fsp3) is 0.500. The molecule has 0 unspecified atom stereocenters. The smallest absolute Gasteiger partial charge is 0.371 e. The van der Waals surface area contributed by atoms with E-state index >= 15 is 0 Å². The minimum Gasteiger partial charge on any atom is -0.475 e. The molecule has 0 saturated carbocycles. The van der Waals surface area contributed by atoms with Crippen molar-refractivity contribution in [2.45, 2.75) is 24.0 Å². The van der Waals surface area contributed by atoms with Gasteiger partial charge in [0.1, 0.15) is 0 Å². The summed E-state index contributed by atoms with van der Waals surface area (Å²) in [6.45, 7) is 0.652. The van der Waals surface area contributed by atoms with E-state index in [-0.39, 0.29) is 16.9 Å². The number of nitrogens with zero attached hydrogens (tertiary/aromatic N) is 1. The number of aromatic carboxylic acids is 1. The first kappa shape index (κ1) is 13.1. The lowest BCUT2D eigenvalue weighted by Crippen LogP contribution is -2.42. The highest BCUT2D eigenvalue weighted by atomic mass is 32.2. The molecule has 0 atom stereocenters. The number of carboxylic acids is 1. The Bertz CT molecular complexity index is 542. The molecule has 8 heteroatoms. The monoisotopic (exact) mass is 274 g/mol. The molecule has 1 fully saturated rings. The van der Waals surface area contributed by atoms with E-state index in [0.717, 1.165) is 12.1 Å². The maximum atomic E-state index is 12.1. The van der Waals surface area contributed by atoms with Crippen LogP contribution in [0.5, 0.6) is 0 Å². The number of rotatable bonds is 3. The van der Waals surface area contributed by atoms with Gasteiger partial charge in [-0.1, -0.05) is 0 Å². The van der Waals surface area contributed by atoms with Crippen LogP contribution in [0.4, 0.5) is 0 Å². The van der Waals surface area contributed by atoms with E-state index in [1.54, 1.807) is 0 Å². The first-order valence-corrected chi connectivity index (χ1v) is 6.94. The van der Waals surface area contributed by atoms with Crippen LogP contribution in [0.15, 0.2) is 21.6 Å². The van der Waals surface area contributed by atoms with Gasteiger partial charge in [-0.3, -0.25) is 0 Å². The van der Waals surface area contributed by atoms with Crippen LogP contribution >= 0.6 is 0 Å². The Kier molecular flexibility index (Phi) is 3.42. The Balaban J connectivity index is 2.22. The van der Waals surface area contributed by atoms with Gasteiger partial charge < -0.3 is 15.3 Å². The molecule has 100 valence electrons. The Morgan fingerprint density at radius 3 is 2.50 bits per heavy atom. The molecule has 7 nitrogen and oxygen atoms in total. The van der Waals surface area contributed by atoms with Gasteiger partial charge in [0.25, 0.3) is 10.0 Å². The fourth-order valence-corrected chi connectivity index (χ4v) is 3.20. The highest BCUT2D eigenvalue weighted by molar-refractivity contribution is 7.89. The fourth-order valence-electron chi connectivity index (χ4n) is 1.82. The van der Waals surface area contributed by atoms with Crippen LogP contribution in [-0.2, 0) is 10.0 Å². The number of nitrogens with two attached hydrogens (primary N) is 1. The quantitative estimate of drug-likeness (QED) is 0.807. The normalized spacial score (nSPS) is 18.9. The Hall–Kier alpha value is -1.38. The van der Waals surface area contributed by atoms with Crippen LogP contribution < -0.4 is 5.73 Å². The lowest BCUT2D eigenvalue weighted by molar-refractivity contribution is 0.0656. The molecule has 0 spiro atoms. The lowest BCUT2D eigenvalue weighted by Gasteiger charge is -2.28. The summed E-state index contributed by atoms with van der Waals surface area (Å²) in [5.41, 5.74) is 5.70. The summed E-state index contributed by atoms with van der Waals surface area (Å²) in [6, 6.07) is 2.31. The van der Waals surface area contributed by atoms with Gasteiger partial charge in [-0.2, -0.15) is 4.31 Å².